The van der Waals surface area contributed by atoms with Crippen LogP contribution in [0.4, 0.5) is 4.39 Å². The van der Waals surface area contributed by atoms with Gasteiger partial charge in [-0.3, -0.25) is 9.78 Å². The summed E-state index contributed by atoms with van der Waals surface area (Å²) in [5.41, 5.74) is 2.05. The Morgan fingerprint density at radius 2 is 2.25 bits per heavy atom. The lowest BCUT2D eigenvalue weighted by molar-refractivity contribution is 0.0993. The van der Waals surface area contributed by atoms with E-state index in [0.717, 1.165) is 4.88 Å². The maximum atomic E-state index is 13.1. The van der Waals surface area contributed by atoms with Crippen molar-refractivity contribution in [2.24, 2.45) is 0 Å². The quantitative estimate of drug-likeness (QED) is 0.812. The standard InChI is InChI=1S/C11H7BrFNOS/c12-8-1-7(2-9(13)3-8)11(15)4-10-5-14-6-16-10/h1-3,5-6H,4H2. The number of nitrogens with zero attached hydrogens (tertiary/aromatic N) is 1. The van der Waals surface area contributed by atoms with E-state index in [0.29, 0.717) is 10.0 Å². The first-order valence-corrected chi connectivity index (χ1v) is 6.19. The van der Waals surface area contributed by atoms with Crippen molar-refractivity contribution < 1.29 is 9.18 Å². The van der Waals surface area contributed by atoms with Gasteiger partial charge in [0.2, 0.25) is 0 Å². The minimum absolute atomic E-state index is 0.107. The van der Waals surface area contributed by atoms with Crippen LogP contribution in [0.25, 0.3) is 0 Å². The first kappa shape index (κ1) is 11.4. The zero-order valence-electron chi connectivity index (χ0n) is 8.11. The number of carbonyl (C=O) groups is 1. The number of hydrogen-bond acceptors (Lipinski definition) is 3. The van der Waals surface area contributed by atoms with Crippen LogP contribution in [0.5, 0.6) is 0 Å². The lowest BCUT2D eigenvalue weighted by atomic mass is 10.1. The van der Waals surface area contributed by atoms with Gasteiger partial charge in [-0.25, -0.2) is 4.39 Å². The molecule has 0 fully saturated rings. The summed E-state index contributed by atoms with van der Waals surface area (Å²) in [7, 11) is 0. The topological polar surface area (TPSA) is 30.0 Å². The summed E-state index contributed by atoms with van der Waals surface area (Å²) < 4.78 is 13.6. The van der Waals surface area contributed by atoms with Crippen LogP contribution >= 0.6 is 27.3 Å². The second-order valence-corrected chi connectivity index (χ2v) is 5.11. The lowest BCUT2D eigenvalue weighted by Gasteiger charge is -2.00. The molecule has 0 spiro atoms. The smallest absolute Gasteiger partial charge is 0.168 e. The van der Waals surface area contributed by atoms with Crippen LogP contribution in [-0.4, -0.2) is 10.8 Å². The molecule has 0 saturated heterocycles. The van der Waals surface area contributed by atoms with Gasteiger partial charge < -0.3 is 0 Å². The normalized spacial score (nSPS) is 10.4. The molecule has 0 bridgehead atoms. The van der Waals surface area contributed by atoms with E-state index in [-0.39, 0.29) is 12.2 Å². The maximum absolute atomic E-state index is 13.1. The zero-order valence-corrected chi connectivity index (χ0v) is 10.5. The average Bonchev–Trinajstić information content (AvgIpc) is 2.68. The minimum atomic E-state index is -0.415. The fraction of sp³-hybridized carbons (Fsp3) is 0.0909. The number of ketones is 1. The van der Waals surface area contributed by atoms with Gasteiger partial charge in [0.25, 0.3) is 0 Å². The molecule has 16 heavy (non-hydrogen) atoms. The van der Waals surface area contributed by atoms with Gasteiger partial charge in [0.1, 0.15) is 5.82 Å². The summed E-state index contributed by atoms with van der Waals surface area (Å²) in [6.07, 6.45) is 1.91. The Labute approximate surface area is 104 Å². The van der Waals surface area contributed by atoms with Crippen LogP contribution in [0.3, 0.4) is 0 Å². The minimum Gasteiger partial charge on any atom is -0.294 e. The van der Waals surface area contributed by atoms with Gasteiger partial charge in [-0.1, -0.05) is 15.9 Å². The Kier molecular flexibility index (Phi) is 3.46. The average molecular weight is 300 g/mol. The van der Waals surface area contributed by atoms with Crippen molar-refractivity contribution in [3.63, 3.8) is 0 Å². The first-order valence-electron chi connectivity index (χ1n) is 4.52. The predicted molar refractivity (Wildman–Crippen MR) is 64.2 cm³/mol. The molecule has 2 aromatic rings. The van der Waals surface area contributed by atoms with E-state index in [1.807, 2.05) is 0 Å². The number of hydrogen-bond donors (Lipinski definition) is 0. The Morgan fingerprint density at radius 3 is 2.88 bits per heavy atom. The number of aromatic nitrogens is 1. The number of halogens is 2. The van der Waals surface area contributed by atoms with Crippen molar-refractivity contribution >= 4 is 33.0 Å². The molecular weight excluding hydrogens is 293 g/mol. The summed E-state index contributed by atoms with van der Waals surface area (Å²) in [6, 6.07) is 4.18. The van der Waals surface area contributed by atoms with Gasteiger partial charge in [0.05, 0.1) is 5.51 Å². The third-order valence-electron chi connectivity index (χ3n) is 2.00. The fourth-order valence-corrected chi connectivity index (χ4v) is 2.36. The van der Waals surface area contributed by atoms with Crippen LogP contribution in [0.2, 0.25) is 0 Å². The van der Waals surface area contributed by atoms with E-state index in [2.05, 4.69) is 20.9 Å². The van der Waals surface area contributed by atoms with Crippen molar-refractivity contribution in [1.29, 1.82) is 0 Å². The summed E-state index contributed by atoms with van der Waals surface area (Å²) in [5.74, 6) is -0.522. The van der Waals surface area contributed by atoms with Crippen LogP contribution in [0.1, 0.15) is 15.2 Å². The Balaban J connectivity index is 2.21. The van der Waals surface area contributed by atoms with E-state index in [4.69, 9.17) is 0 Å². The molecule has 1 aromatic carbocycles. The van der Waals surface area contributed by atoms with Gasteiger partial charge >= 0.3 is 0 Å². The third kappa shape index (κ3) is 2.74. The van der Waals surface area contributed by atoms with Gasteiger partial charge in [0.15, 0.2) is 5.78 Å². The van der Waals surface area contributed by atoms with E-state index in [1.165, 1.54) is 23.5 Å². The number of carbonyl (C=O) groups excluding carboxylic acids is 1. The molecule has 0 aliphatic carbocycles. The fourth-order valence-electron chi connectivity index (χ4n) is 1.30. The molecule has 2 rings (SSSR count). The number of thiazole rings is 1. The van der Waals surface area contributed by atoms with Crippen molar-refractivity contribution in [1.82, 2.24) is 4.98 Å². The number of rotatable bonds is 3. The lowest BCUT2D eigenvalue weighted by Crippen LogP contribution is -2.02. The van der Waals surface area contributed by atoms with Gasteiger partial charge in [-0.05, 0) is 18.2 Å². The molecule has 0 aliphatic rings. The molecule has 0 atom stereocenters. The molecule has 1 aromatic heterocycles. The molecule has 0 saturated carbocycles. The van der Waals surface area contributed by atoms with E-state index < -0.39 is 5.82 Å². The molecule has 0 N–H and O–H groups in total. The predicted octanol–water partition coefficient (Wildman–Crippen LogP) is 3.47. The van der Waals surface area contributed by atoms with Crippen molar-refractivity contribution in [2.45, 2.75) is 6.42 Å². The molecule has 0 unspecified atom stereocenters. The maximum Gasteiger partial charge on any atom is 0.168 e. The highest BCUT2D eigenvalue weighted by Gasteiger charge is 2.10. The van der Waals surface area contributed by atoms with E-state index >= 15 is 0 Å². The highest BCUT2D eigenvalue weighted by molar-refractivity contribution is 9.10. The van der Waals surface area contributed by atoms with Crippen molar-refractivity contribution in [3.8, 4) is 0 Å². The molecular formula is C11H7BrFNOS. The zero-order chi connectivity index (χ0) is 11.5. The second kappa shape index (κ2) is 4.84. The largest absolute Gasteiger partial charge is 0.294 e. The monoisotopic (exact) mass is 299 g/mol. The third-order valence-corrected chi connectivity index (χ3v) is 3.24. The number of Topliss-reactive ketones (excluding diaryl/α,β-unsaturated/α-hetero) is 1. The SMILES string of the molecule is O=C(Cc1cncs1)c1cc(F)cc(Br)c1. The Bertz CT molecular complexity index is 492. The molecule has 1 heterocycles. The first-order chi connectivity index (χ1) is 7.65. The Morgan fingerprint density at radius 1 is 1.44 bits per heavy atom. The molecule has 2 nitrogen and oxygen atoms in total. The van der Waals surface area contributed by atoms with Gasteiger partial charge in [-0.15, -0.1) is 11.3 Å². The molecule has 5 heteroatoms. The van der Waals surface area contributed by atoms with Gasteiger partial charge in [0, 0.05) is 27.5 Å². The molecule has 82 valence electrons. The summed E-state index contributed by atoms with van der Waals surface area (Å²) >= 11 is 4.57. The van der Waals surface area contributed by atoms with Crippen LogP contribution in [0, 0.1) is 5.82 Å². The van der Waals surface area contributed by atoms with E-state index in [9.17, 15) is 9.18 Å². The van der Waals surface area contributed by atoms with Crippen molar-refractivity contribution in [3.05, 3.63) is 50.6 Å². The molecule has 0 amide bonds. The van der Waals surface area contributed by atoms with Crippen LogP contribution in [0.15, 0.2) is 34.4 Å². The summed E-state index contributed by atoms with van der Waals surface area (Å²) in [5, 5.41) is 0. The van der Waals surface area contributed by atoms with Crippen LogP contribution in [-0.2, 0) is 6.42 Å². The highest BCUT2D eigenvalue weighted by atomic mass is 79.9. The summed E-state index contributed by atoms with van der Waals surface area (Å²) in [4.78, 5) is 16.6. The molecule has 0 radical (unpaired) electrons. The highest BCUT2D eigenvalue weighted by Crippen LogP contribution is 2.17. The van der Waals surface area contributed by atoms with Crippen LogP contribution < -0.4 is 0 Å². The van der Waals surface area contributed by atoms with Gasteiger partial charge in [-0.2, -0.15) is 0 Å². The second-order valence-electron chi connectivity index (χ2n) is 3.23. The number of benzene rings is 1. The molecule has 0 aliphatic heterocycles. The Hall–Kier alpha value is -1.07. The van der Waals surface area contributed by atoms with Crippen molar-refractivity contribution in [2.75, 3.05) is 0 Å². The summed E-state index contributed by atoms with van der Waals surface area (Å²) in [6.45, 7) is 0. The van der Waals surface area contributed by atoms with E-state index in [1.54, 1.807) is 17.8 Å².